The summed E-state index contributed by atoms with van der Waals surface area (Å²) in [6.07, 6.45) is 1.88. The van der Waals surface area contributed by atoms with Crippen molar-refractivity contribution in [2.75, 3.05) is 17.2 Å². The van der Waals surface area contributed by atoms with Gasteiger partial charge in [0.2, 0.25) is 0 Å². The van der Waals surface area contributed by atoms with Gasteiger partial charge in [0.05, 0.1) is 11.2 Å². The zero-order chi connectivity index (χ0) is 14.1. The maximum Gasteiger partial charge on any atom is 0.0751 e. The van der Waals surface area contributed by atoms with E-state index in [1.54, 1.807) is 0 Å². The fourth-order valence-corrected chi connectivity index (χ4v) is 3.94. The molecule has 0 atom stereocenters. The Hall–Kier alpha value is -2.00. The van der Waals surface area contributed by atoms with E-state index in [0.29, 0.717) is 0 Å². The van der Waals surface area contributed by atoms with Crippen LogP contribution in [0.2, 0.25) is 0 Å². The molecule has 0 fully saturated rings. The number of thioether (sulfide) groups is 1. The lowest BCUT2D eigenvalue weighted by atomic mass is 10.1. The Morgan fingerprint density at radius 2 is 1.90 bits per heavy atom. The average molecular weight is 292 g/mol. The first-order valence-corrected chi connectivity index (χ1v) is 8.20. The molecule has 0 aliphatic carbocycles. The van der Waals surface area contributed by atoms with E-state index in [0.717, 1.165) is 24.4 Å². The normalized spacial score (nSPS) is 14.2. The molecule has 1 aliphatic rings. The highest BCUT2D eigenvalue weighted by atomic mass is 32.2. The summed E-state index contributed by atoms with van der Waals surface area (Å²) in [6.45, 7) is 2.01. The van der Waals surface area contributed by atoms with Gasteiger partial charge in [0.25, 0.3) is 0 Å². The number of hydrogen-bond donors (Lipinski definition) is 0. The maximum atomic E-state index is 4.57. The van der Waals surface area contributed by atoms with Gasteiger partial charge < -0.3 is 4.90 Å². The first-order chi connectivity index (χ1) is 10.4. The molecule has 2 heterocycles. The van der Waals surface area contributed by atoms with E-state index in [1.807, 2.05) is 24.0 Å². The Labute approximate surface area is 128 Å². The van der Waals surface area contributed by atoms with Gasteiger partial charge in [0.15, 0.2) is 0 Å². The monoisotopic (exact) mass is 292 g/mol. The first kappa shape index (κ1) is 12.7. The van der Waals surface area contributed by atoms with Crippen LogP contribution in [0.15, 0.2) is 65.7 Å². The second-order valence-corrected chi connectivity index (χ2v) is 6.37. The first-order valence-electron chi connectivity index (χ1n) is 7.21. The zero-order valence-electron chi connectivity index (χ0n) is 11.7. The molecule has 0 spiro atoms. The summed E-state index contributed by atoms with van der Waals surface area (Å²) < 4.78 is 0. The van der Waals surface area contributed by atoms with Crippen molar-refractivity contribution in [2.24, 2.45) is 0 Å². The van der Waals surface area contributed by atoms with Crippen LogP contribution in [0.5, 0.6) is 0 Å². The fourth-order valence-electron chi connectivity index (χ4n) is 2.89. The van der Waals surface area contributed by atoms with Gasteiger partial charge in [-0.1, -0.05) is 36.4 Å². The Bertz CT molecular complexity index is 780. The molecule has 0 saturated carbocycles. The lowest BCUT2D eigenvalue weighted by Crippen LogP contribution is -2.28. The highest BCUT2D eigenvalue weighted by Gasteiger charge is 2.17. The minimum absolute atomic E-state index is 0.923. The van der Waals surface area contributed by atoms with E-state index >= 15 is 0 Å². The molecule has 3 aromatic rings. The van der Waals surface area contributed by atoms with E-state index in [4.69, 9.17) is 0 Å². The predicted molar refractivity (Wildman–Crippen MR) is 90.0 cm³/mol. The number of nitrogens with zero attached hydrogens (tertiary/aromatic N) is 2. The third-order valence-corrected chi connectivity index (χ3v) is 4.95. The van der Waals surface area contributed by atoms with E-state index < -0.39 is 0 Å². The van der Waals surface area contributed by atoms with Gasteiger partial charge in [0, 0.05) is 35.3 Å². The van der Waals surface area contributed by atoms with Crippen LogP contribution in [0.4, 0.5) is 5.69 Å². The summed E-state index contributed by atoms with van der Waals surface area (Å²) in [6, 6.07) is 19.3. The van der Waals surface area contributed by atoms with Crippen molar-refractivity contribution >= 4 is 28.4 Å². The standard InChI is InChI=1S/C18H16N2S/c1-2-9-17-16(8-1)20(11-12-21-17)13-15-6-3-5-14-7-4-10-19-18(14)15/h1-10H,11-13H2. The van der Waals surface area contributed by atoms with E-state index in [-0.39, 0.29) is 0 Å². The largest absolute Gasteiger partial charge is 0.365 e. The molecule has 3 heteroatoms. The van der Waals surface area contributed by atoms with Crippen molar-refractivity contribution in [3.05, 3.63) is 66.4 Å². The molecule has 4 rings (SSSR count). The summed E-state index contributed by atoms with van der Waals surface area (Å²) in [4.78, 5) is 8.42. The molecule has 0 amide bonds. The van der Waals surface area contributed by atoms with Crippen molar-refractivity contribution in [1.82, 2.24) is 4.98 Å². The molecule has 2 nitrogen and oxygen atoms in total. The van der Waals surface area contributed by atoms with Crippen molar-refractivity contribution in [2.45, 2.75) is 11.4 Å². The summed E-state index contributed by atoms with van der Waals surface area (Å²) in [5.74, 6) is 1.15. The maximum absolute atomic E-state index is 4.57. The molecule has 2 aromatic carbocycles. The lowest BCUT2D eigenvalue weighted by Gasteiger charge is -2.31. The smallest absolute Gasteiger partial charge is 0.0751 e. The number of fused-ring (bicyclic) bond motifs is 2. The predicted octanol–water partition coefficient (Wildman–Crippen LogP) is 4.35. The highest BCUT2D eigenvalue weighted by molar-refractivity contribution is 7.99. The number of aromatic nitrogens is 1. The van der Waals surface area contributed by atoms with E-state index in [9.17, 15) is 0 Å². The fraction of sp³-hybridized carbons (Fsp3) is 0.167. The second kappa shape index (κ2) is 5.41. The molecule has 0 bridgehead atoms. The van der Waals surface area contributed by atoms with Gasteiger partial charge in [-0.25, -0.2) is 0 Å². The van der Waals surface area contributed by atoms with Crippen LogP contribution in [0.3, 0.4) is 0 Å². The Balaban J connectivity index is 1.73. The molecule has 0 N–H and O–H groups in total. The number of para-hydroxylation sites is 2. The molecule has 0 unspecified atom stereocenters. The molecule has 21 heavy (non-hydrogen) atoms. The lowest BCUT2D eigenvalue weighted by molar-refractivity contribution is 0.820. The summed E-state index contributed by atoms with van der Waals surface area (Å²) in [5.41, 5.74) is 3.77. The molecular formula is C18H16N2S. The van der Waals surface area contributed by atoms with Crippen LogP contribution in [0.25, 0.3) is 10.9 Å². The molecular weight excluding hydrogens is 276 g/mol. The van der Waals surface area contributed by atoms with Crippen molar-refractivity contribution in [1.29, 1.82) is 0 Å². The van der Waals surface area contributed by atoms with Gasteiger partial charge in [-0.05, 0) is 23.8 Å². The Morgan fingerprint density at radius 3 is 2.90 bits per heavy atom. The number of anilines is 1. The van der Waals surface area contributed by atoms with Crippen LogP contribution in [-0.2, 0) is 6.54 Å². The highest BCUT2D eigenvalue weighted by Crippen LogP contribution is 2.35. The van der Waals surface area contributed by atoms with E-state index in [1.165, 1.54) is 21.5 Å². The third kappa shape index (κ3) is 2.38. The number of hydrogen-bond acceptors (Lipinski definition) is 3. The van der Waals surface area contributed by atoms with Crippen LogP contribution >= 0.6 is 11.8 Å². The van der Waals surface area contributed by atoms with Crippen LogP contribution in [0, 0.1) is 0 Å². The zero-order valence-corrected chi connectivity index (χ0v) is 12.5. The quantitative estimate of drug-likeness (QED) is 0.698. The number of benzene rings is 2. The van der Waals surface area contributed by atoms with E-state index in [2.05, 4.69) is 58.4 Å². The summed E-state index contributed by atoms with van der Waals surface area (Å²) >= 11 is 1.95. The second-order valence-electron chi connectivity index (χ2n) is 5.23. The topological polar surface area (TPSA) is 16.1 Å². The minimum atomic E-state index is 0.923. The Kier molecular flexibility index (Phi) is 3.28. The van der Waals surface area contributed by atoms with Gasteiger partial charge in [0.1, 0.15) is 0 Å². The van der Waals surface area contributed by atoms with Crippen LogP contribution in [0.1, 0.15) is 5.56 Å². The van der Waals surface area contributed by atoms with Crippen LogP contribution in [-0.4, -0.2) is 17.3 Å². The van der Waals surface area contributed by atoms with Crippen molar-refractivity contribution < 1.29 is 0 Å². The minimum Gasteiger partial charge on any atom is -0.365 e. The van der Waals surface area contributed by atoms with Crippen molar-refractivity contribution in [3.8, 4) is 0 Å². The summed E-state index contributed by atoms with van der Waals surface area (Å²) in [5, 5.41) is 1.22. The van der Waals surface area contributed by atoms with Crippen molar-refractivity contribution in [3.63, 3.8) is 0 Å². The third-order valence-electron chi connectivity index (χ3n) is 3.90. The molecule has 0 saturated heterocycles. The Morgan fingerprint density at radius 1 is 1.00 bits per heavy atom. The van der Waals surface area contributed by atoms with Gasteiger partial charge in [-0.15, -0.1) is 11.8 Å². The molecule has 104 valence electrons. The number of pyridine rings is 1. The van der Waals surface area contributed by atoms with Crippen LogP contribution < -0.4 is 4.90 Å². The van der Waals surface area contributed by atoms with Gasteiger partial charge >= 0.3 is 0 Å². The van der Waals surface area contributed by atoms with Gasteiger partial charge in [-0.2, -0.15) is 0 Å². The summed E-state index contributed by atoms with van der Waals surface area (Å²) in [7, 11) is 0. The van der Waals surface area contributed by atoms with Gasteiger partial charge in [-0.3, -0.25) is 4.98 Å². The average Bonchev–Trinajstić information content (AvgIpc) is 2.56. The number of rotatable bonds is 2. The SMILES string of the molecule is c1ccc2c(c1)SCCN2Cc1cccc2cccnc12. The molecule has 0 radical (unpaired) electrons. The molecule has 1 aliphatic heterocycles. The molecule has 1 aromatic heterocycles.